The fraction of sp³-hybridized carbons (Fsp3) is 0.867. The standard InChI is InChI=1S/C15H25N3O4S/c1-23(19,20)18-8-2-3-12(11-18)4-5-14-16-17-15(22-14)13-6-9-21-10-7-13/h12-13H,2-11H2,1H3. The number of hydrogen-bond acceptors (Lipinski definition) is 6. The zero-order valence-corrected chi connectivity index (χ0v) is 14.4. The van der Waals surface area contributed by atoms with Gasteiger partial charge in [0.2, 0.25) is 21.8 Å². The van der Waals surface area contributed by atoms with Gasteiger partial charge in [0, 0.05) is 38.6 Å². The predicted molar refractivity (Wildman–Crippen MR) is 84.6 cm³/mol. The summed E-state index contributed by atoms with van der Waals surface area (Å²) in [7, 11) is -3.08. The Balaban J connectivity index is 1.51. The number of aromatic nitrogens is 2. The van der Waals surface area contributed by atoms with Gasteiger partial charge >= 0.3 is 0 Å². The number of piperidine rings is 1. The summed E-state index contributed by atoms with van der Waals surface area (Å²) < 4.78 is 36.1. The highest BCUT2D eigenvalue weighted by Crippen LogP contribution is 2.27. The van der Waals surface area contributed by atoms with E-state index in [1.165, 1.54) is 6.26 Å². The summed E-state index contributed by atoms with van der Waals surface area (Å²) in [6, 6.07) is 0. The molecule has 7 nitrogen and oxygen atoms in total. The molecule has 130 valence electrons. The topological polar surface area (TPSA) is 85.5 Å². The lowest BCUT2D eigenvalue weighted by atomic mass is 9.95. The molecule has 0 bridgehead atoms. The Morgan fingerprint density at radius 3 is 2.74 bits per heavy atom. The minimum absolute atomic E-state index is 0.320. The van der Waals surface area contributed by atoms with Crippen LogP contribution in [0.5, 0.6) is 0 Å². The second kappa shape index (κ2) is 7.27. The Labute approximate surface area is 137 Å². The molecule has 0 amide bonds. The summed E-state index contributed by atoms with van der Waals surface area (Å²) in [5.41, 5.74) is 0. The van der Waals surface area contributed by atoms with Gasteiger partial charge in [-0.3, -0.25) is 0 Å². The van der Waals surface area contributed by atoms with Crippen molar-refractivity contribution in [3.63, 3.8) is 0 Å². The van der Waals surface area contributed by atoms with Crippen molar-refractivity contribution in [1.82, 2.24) is 14.5 Å². The molecule has 2 aliphatic rings. The van der Waals surface area contributed by atoms with Crippen LogP contribution in [0, 0.1) is 5.92 Å². The summed E-state index contributed by atoms with van der Waals surface area (Å²) in [5.74, 6) is 2.09. The first kappa shape index (κ1) is 16.9. The minimum atomic E-state index is -3.08. The predicted octanol–water partition coefficient (Wildman–Crippen LogP) is 1.57. The number of sulfonamides is 1. The molecule has 1 aromatic heterocycles. The molecule has 0 N–H and O–H groups in total. The molecule has 1 unspecified atom stereocenters. The maximum Gasteiger partial charge on any atom is 0.219 e. The van der Waals surface area contributed by atoms with Gasteiger partial charge in [-0.1, -0.05) is 0 Å². The van der Waals surface area contributed by atoms with Gasteiger partial charge in [-0.05, 0) is 38.0 Å². The van der Waals surface area contributed by atoms with Crippen molar-refractivity contribution in [1.29, 1.82) is 0 Å². The van der Waals surface area contributed by atoms with E-state index in [2.05, 4.69) is 10.2 Å². The molecule has 2 aliphatic heterocycles. The van der Waals surface area contributed by atoms with Crippen LogP contribution in [0.3, 0.4) is 0 Å². The lowest BCUT2D eigenvalue weighted by molar-refractivity contribution is 0.0791. The molecular weight excluding hydrogens is 318 g/mol. The first-order valence-corrected chi connectivity index (χ1v) is 10.2. The third kappa shape index (κ3) is 4.51. The van der Waals surface area contributed by atoms with Gasteiger partial charge in [0.25, 0.3) is 0 Å². The molecule has 3 heterocycles. The smallest absolute Gasteiger partial charge is 0.219 e. The first-order valence-electron chi connectivity index (χ1n) is 8.37. The van der Waals surface area contributed by atoms with Crippen molar-refractivity contribution in [3.8, 4) is 0 Å². The van der Waals surface area contributed by atoms with Gasteiger partial charge < -0.3 is 9.15 Å². The molecule has 1 atom stereocenters. The highest BCUT2D eigenvalue weighted by atomic mass is 32.2. The normalized spacial score (nSPS) is 24.8. The molecule has 0 saturated carbocycles. The molecule has 0 radical (unpaired) electrons. The van der Waals surface area contributed by atoms with E-state index in [-0.39, 0.29) is 0 Å². The third-order valence-electron chi connectivity index (χ3n) is 4.77. The van der Waals surface area contributed by atoms with Gasteiger partial charge in [0.1, 0.15) is 0 Å². The number of aryl methyl sites for hydroxylation is 1. The van der Waals surface area contributed by atoms with Crippen molar-refractivity contribution >= 4 is 10.0 Å². The molecule has 0 spiro atoms. The molecule has 0 aromatic carbocycles. The number of rotatable bonds is 5. The molecule has 23 heavy (non-hydrogen) atoms. The average Bonchev–Trinajstić information content (AvgIpc) is 3.02. The zero-order valence-electron chi connectivity index (χ0n) is 13.6. The zero-order chi connectivity index (χ0) is 16.3. The summed E-state index contributed by atoms with van der Waals surface area (Å²) in [4.78, 5) is 0. The monoisotopic (exact) mass is 343 g/mol. The minimum Gasteiger partial charge on any atom is -0.425 e. The van der Waals surface area contributed by atoms with E-state index in [1.54, 1.807) is 4.31 Å². The Bertz CT molecular complexity index is 610. The second-order valence-electron chi connectivity index (χ2n) is 6.59. The van der Waals surface area contributed by atoms with Gasteiger partial charge in [-0.2, -0.15) is 0 Å². The van der Waals surface area contributed by atoms with E-state index in [4.69, 9.17) is 9.15 Å². The number of ether oxygens (including phenoxy) is 1. The lowest BCUT2D eigenvalue weighted by Crippen LogP contribution is -2.39. The summed E-state index contributed by atoms with van der Waals surface area (Å²) >= 11 is 0. The van der Waals surface area contributed by atoms with E-state index >= 15 is 0 Å². The SMILES string of the molecule is CS(=O)(=O)N1CCCC(CCc2nnc(C3CCOCC3)o2)C1. The average molecular weight is 343 g/mol. The molecule has 2 saturated heterocycles. The van der Waals surface area contributed by atoms with Crippen LogP contribution in [0.15, 0.2) is 4.42 Å². The van der Waals surface area contributed by atoms with Crippen molar-refractivity contribution in [2.45, 2.75) is 44.4 Å². The van der Waals surface area contributed by atoms with Crippen LogP contribution in [0.4, 0.5) is 0 Å². The Hall–Kier alpha value is -0.990. The lowest BCUT2D eigenvalue weighted by Gasteiger charge is -2.30. The summed E-state index contributed by atoms with van der Waals surface area (Å²) in [6.07, 6.45) is 6.76. The second-order valence-corrected chi connectivity index (χ2v) is 8.57. The van der Waals surface area contributed by atoms with Gasteiger partial charge in [0.15, 0.2) is 0 Å². The molecule has 2 fully saturated rings. The molecular formula is C15H25N3O4S. The summed E-state index contributed by atoms with van der Waals surface area (Å²) in [6.45, 7) is 2.77. The van der Waals surface area contributed by atoms with Gasteiger partial charge in [-0.25, -0.2) is 12.7 Å². The van der Waals surface area contributed by atoms with Crippen LogP contribution in [0.1, 0.15) is 49.8 Å². The van der Waals surface area contributed by atoms with E-state index in [1.807, 2.05) is 0 Å². The van der Waals surface area contributed by atoms with Gasteiger partial charge in [-0.15, -0.1) is 10.2 Å². The maximum atomic E-state index is 11.7. The highest BCUT2D eigenvalue weighted by Gasteiger charge is 2.26. The molecule has 1 aromatic rings. The largest absolute Gasteiger partial charge is 0.425 e. The first-order chi connectivity index (χ1) is 11.0. The van der Waals surface area contributed by atoms with Crippen LogP contribution in [0.25, 0.3) is 0 Å². The number of hydrogen-bond donors (Lipinski definition) is 0. The van der Waals surface area contributed by atoms with Crippen molar-refractivity contribution in [2.24, 2.45) is 5.92 Å². The van der Waals surface area contributed by atoms with Crippen LogP contribution in [-0.4, -0.2) is 55.5 Å². The van der Waals surface area contributed by atoms with Gasteiger partial charge in [0.05, 0.1) is 6.26 Å². The Morgan fingerprint density at radius 1 is 1.22 bits per heavy atom. The Morgan fingerprint density at radius 2 is 2.00 bits per heavy atom. The molecule has 0 aliphatic carbocycles. The number of nitrogens with zero attached hydrogens (tertiary/aromatic N) is 3. The van der Waals surface area contributed by atoms with Crippen LogP contribution < -0.4 is 0 Å². The van der Waals surface area contributed by atoms with Crippen molar-refractivity contribution < 1.29 is 17.6 Å². The quantitative estimate of drug-likeness (QED) is 0.807. The van der Waals surface area contributed by atoms with Crippen molar-refractivity contribution in [3.05, 3.63) is 11.8 Å². The maximum absolute atomic E-state index is 11.7. The van der Waals surface area contributed by atoms with Crippen LogP contribution in [-0.2, 0) is 21.2 Å². The fourth-order valence-electron chi connectivity index (χ4n) is 3.37. The van der Waals surface area contributed by atoms with Crippen LogP contribution in [0.2, 0.25) is 0 Å². The third-order valence-corrected chi connectivity index (χ3v) is 6.04. The van der Waals surface area contributed by atoms with Crippen LogP contribution >= 0.6 is 0 Å². The summed E-state index contributed by atoms with van der Waals surface area (Å²) in [5, 5.41) is 8.33. The highest BCUT2D eigenvalue weighted by molar-refractivity contribution is 7.88. The van der Waals surface area contributed by atoms with E-state index in [9.17, 15) is 8.42 Å². The molecule has 8 heteroatoms. The Kier molecular flexibility index (Phi) is 5.33. The van der Waals surface area contributed by atoms with E-state index < -0.39 is 10.0 Å². The van der Waals surface area contributed by atoms with Crippen molar-refractivity contribution in [2.75, 3.05) is 32.6 Å². The molecule has 3 rings (SSSR count). The fourth-order valence-corrected chi connectivity index (χ4v) is 4.31. The van der Waals surface area contributed by atoms with E-state index in [0.29, 0.717) is 30.8 Å². The van der Waals surface area contributed by atoms with E-state index in [0.717, 1.165) is 57.6 Å².